The third-order valence-electron chi connectivity index (χ3n) is 5.51. The van der Waals surface area contributed by atoms with Gasteiger partial charge in [-0.1, -0.05) is 30.3 Å². The first-order valence-electron chi connectivity index (χ1n) is 12.7. The van der Waals surface area contributed by atoms with Crippen LogP contribution in [-0.4, -0.2) is 91.0 Å². The fourth-order valence-corrected chi connectivity index (χ4v) is 3.91. The van der Waals surface area contributed by atoms with Crippen LogP contribution >= 0.6 is 0 Å². The average Bonchev–Trinajstić information content (AvgIpc) is 2.80. The molecule has 0 atom stereocenters. The Hall–Kier alpha value is -3.34. The van der Waals surface area contributed by atoms with Gasteiger partial charge in [0.25, 0.3) is 0 Å². The zero-order valence-electron chi connectivity index (χ0n) is 23.5. The van der Waals surface area contributed by atoms with Crippen molar-refractivity contribution in [2.24, 2.45) is 0 Å². The molecule has 0 spiro atoms. The summed E-state index contributed by atoms with van der Waals surface area (Å²) in [6.07, 6.45) is -0.141. The number of alkyl carbamates (subject to hydrolysis) is 1. The second-order valence-corrected chi connectivity index (χ2v) is 11.2. The maximum Gasteiger partial charge on any atom is 0.410 e. The minimum Gasteiger partial charge on any atom is -0.554 e. The van der Waals surface area contributed by atoms with Crippen LogP contribution in [0.5, 0.6) is 0 Å². The number of nitrogens with zero attached hydrogens (tertiary/aromatic N) is 2. The van der Waals surface area contributed by atoms with Crippen LogP contribution in [0.3, 0.4) is 0 Å². The first-order valence-corrected chi connectivity index (χ1v) is 12.7. The van der Waals surface area contributed by atoms with E-state index in [0.29, 0.717) is 50.2 Å². The zero-order valence-corrected chi connectivity index (χ0v) is 23.5. The van der Waals surface area contributed by atoms with Gasteiger partial charge in [-0.15, -0.1) is 0 Å². The highest BCUT2D eigenvalue weighted by atomic mass is 16.6. The van der Waals surface area contributed by atoms with Gasteiger partial charge < -0.3 is 33.9 Å². The Morgan fingerprint density at radius 1 is 1.00 bits per heavy atom. The molecule has 214 valence electrons. The second-order valence-electron chi connectivity index (χ2n) is 11.2. The Morgan fingerprint density at radius 3 is 2.08 bits per heavy atom. The van der Waals surface area contributed by atoms with Gasteiger partial charge in [0.1, 0.15) is 17.8 Å². The number of esters is 1. The van der Waals surface area contributed by atoms with Gasteiger partial charge in [0.2, 0.25) is 0 Å². The van der Waals surface area contributed by atoms with Crippen molar-refractivity contribution in [1.29, 1.82) is 0 Å². The Kier molecular flexibility index (Phi) is 13.0. The van der Waals surface area contributed by atoms with Crippen molar-refractivity contribution in [3.8, 4) is 0 Å². The first kappa shape index (κ1) is 32.7. The quantitative estimate of drug-likeness (QED) is 0.175. The lowest BCUT2D eigenvalue weighted by Crippen LogP contribution is -2.63. The minimum absolute atomic E-state index is 0.219. The van der Waals surface area contributed by atoms with Gasteiger partial charge in [0.05, 0.1) is 32.7 Å². The van der Waals surface area contributed by atoms with E-state index >= 15 is 0 Å². The molecule has 11 heteroatoms. The van der Waals surface area contributed by atoms with Crippen LogP contribution in [0.2, 0.25) is 0 Å². The van der Waals surface area contributed by atoms with Crippen LogP contribution < -0.4 is 10.4 Å². The summed E-state index contributed by atoms with van der Waals surface area (Å²) in [7, 11) is 0. The summed E-state index contributed by atoms with van der Waals surface area (Å²) in [6, 6.07) is 9.56. The van der Waals surface area contributed by atoms with Crippen LogP contribution in [0.15, 0.2) is 30.3 Å². The van der Waals surface area contributed by atoms with Gasteiger partial charge >= 0.3 is 18.2 Å². The fourth-order valence-electron chi connectivity index (χ4n) is 3.91. The highest BCUT2D eigenvalue weighted by Gasteiger charge is 2.38. The molecule has 1 fully saturated rings. The number of hydrogen-bond donors (Lipinski definition) is 1. The largest absolute Gasteiger partial charge is 0.554 e. The number of piperazine rings is 1. The summed E-state index contributed by atoms with van der Waals surface area (Å²) < 4.78 is 16.8. The first-order chi connectivity index (χ1) is 17.7. The molecule has 2 amide bonds. The van der Waals surface area contributed by atoms with E-state index in [1.807, 2.05) is 71.9 Å². The third kappa shape index (κ3) is 13.8. The molecular formula is C27H43N3O8. The number of nitrogens with one attached hydrogen (secondary N) is 1. The number of quaternary nitrogens is 1. The Bertz CT molecular complexity index is 886. The molecule has 1 aliphatic rings. The molecular weight excluding hydrogens is 494 g/mol. The van der Waals surface area contributed by atoms with Gasteiger partial charge in [-0.05, 0) is 47.1 Å². The molecule has 0 aliphatic carbocycles. The molecule has 1 aromatic rings. The zero-order chi connectivity index (χ0) is 28.8. The lowest BCUT2D eigenvalue weighted by Gasteiger charge is -2.44. The van der Waals surface area contributed by atoms with E-state index in [2.05, 4.69) is 5.32 Å². The number of rotatable bonds is 8. The standard InChI is InChI=1S/C26H41N3O6.CH2O2/c1-25(2,3)34-22(30)19-29(16-10-13-27-23(31)35-26(4,5)6)17-14-28(15-18-29)24(32)33-20-21-11-8-7-9-12-21;2-1-3/h7-9,11-12H,10,13-20H2,1-6H3;1H,(H,2,3). The third-order valence-corrected chi connectivity index (χ3v) is 5.51. The maximum absolute atomic E-state index is 12.7. The van der Waals surface area contributed by atoms with Gasteiger partial charge in [0.15, 0.2) is 6.54 Å². The molecule has 1 N–H and O–H groups in total. The van der Waals surface area contributed by atoms with Crippen molar-refractivity contribution in [3.05, 3.63) is 35.9 Å². The summed E-state index contributed by atoms with van der Waals surface area (Å²) in [5.41, 5.74) is -0.187. The lowest BCUT2D eigenvalue weighted by molar-refractivity contribution is -0.925. The van der Waals surface area contributed by atoms with Crippen LogP contribution in [0.4, 0.5) is 9.59 Å². The molecule has 2 rings (SSSR count). The number of hydrogen-bond acceptors (Lipinski definition) is 8. The Morgan fingerprint density at radius 2 is 1.55 bits per heavy atom. The van der Waals surface area contributed by atoms with Gasteiger partial charge in [-0.3, -0.25) is 4.90 Å². The van der Waals surface area contributed by atoms with E-state index in [-0.39, 0.29) is 25.2 Å². The summed E-state index contributed by atoms with van der Waals surface area (Å²) in [6.45, 7) is 14.2. The molecule has 1 heterocycles. The molecule has 0 unspecified atom stereocenters. The Labute approximate surface area is 225 Å². The van der Waals surface area contributed by atoms with E-state index < -0.39 is 23.8 Å². The highest BCUT2D eigenvalue weighted by molar-refractivity contribution is 5.71. The summed E-state index contributed by atoms with van der Waals surface area (Å²) in [4.78, 5) is 47.1. The number of ether oxygens (including phenoxy) is 3. The number of carbonyl (C=O) groups excluding carboxylic acids is 4. The van der Waals surface area contributed by atoms with Crippen LogP contribution in [0, 0.1) is 0 Å². The number of carboxylic acid groups (broad SMARTS) is 1. The van der Waals surface area contributed by atoms with Crippen molar-refractivity contribution in [2.45, 2.75) is 65.8 Å². The number of carbonyl (C=O) groups is 4. The Balaban J connectivity index is 0.00000229. The van der Waals surface area contributed by atoms with Gasteiger partial charge in [0, 0.05) is 19.4 Å². The second kappa shape index (κ2) is 15.2. The van der Waals surface area contributed by atoms with Gasteiger partial charge in [-0.2, -0.15) is 0 Å². The maximum atomic E-state index is 12.7. The average molecular weight is 538 g/mol. The van der Waals surface area contributed by atoms with Crippen molar-refractivity contribution in [1.82, 2.24) is 10.2 Å². The fraction of sp³-hybridized carbons (Fsp3) is 0.630. The van der Waals surface area contributed by atoms with E-state index in [0.717, 1.165) is 5.56 Å². The normalized spacial score (nSPS) is 14.8. The van der Waals surface area contributed by atoms with Crippen LogP contribution in [0.25, 0.3) is 0 Å². The SMILES string of the molecule is CC(C)(C)OC(=O)C[N+]1(CCCNC(=O)OC(C)(C)C)CCN(C(=O)OCc2ccccc2)CC1.O=C[O-]. The molecule has 1 saturated heterocycles. The van der Waals surface area contributed by atoms with E-state index in [1.54, 1.807) is 4.90 Å². The molecule has 11 nitrogen and oxygen atoms in total. The van der Waals surface area contributed by atoms with Crippen molar-refractivity contribution in [3.63, 3.8) is 0 Å². The molecule has 0 bridgehead atoms. The van der Waals surface area contributed by atoms with E-state index in [9.17, 15) is 14.4 Å². The summed E-state index contributed by atoms with van der Waals surface area (Å²) in [5, 5.41) is 11.0. The molecule has 0 saturated carbocycles. The van der Waals surface area contributed by atoms with Crippen molar-refractivity contribution >= 4 is 24.6 Å². The van der Waals surface area contributed by atoms with E-state index in [1.165, 1.54) is 0 Å². The van der Waals surface area contributed by atoms with Crippen LogP contribution in [-0.2, 0) is 30.4 Å². The predicted molar refractivity (Wildman–Crippen MR) is 139 cm³/mol. The van der Waals surface area contributed by atoms with Gasteiger partial charge in [-0.25, -0.2) is 14.4 Å². The van der Waals surface area contributed by atoms with Crippen molar-refractivity contribution in [2.75, 3.05) is 45.8 Å². The topological polar surface area (TPSA) is 134 Å². The molecule has 0 radical (unpaired) electrons. The highest BCUT2D eigenvalue weighted by Crippen LogP contribution is 2.18. The molecule has 38 heavy (non-hydrogen) atoms. The minimum atomic E-state index is -0.567. The van der Waals surface area contributed by atoms with E-state index in [4.69, 9.17) is 24.1 Å². The summed E-state index contributed by atoms with van der Waals surface area (Å²) in [5.74, 6) is -0.266. The lowest BCUT2D eigenvalue weighted by atomic mass is 10.2. The smallest absolute Gasteiger partial charge is 0.410 e. The number of amides is 2. The monoisotopic (exact) mass is 537 g/mol. The molecule has 0 aromatic heterocycles. The predicted octanol–water partition coefficient (Wildman–Crippen LogP) is 2.08. The van der Waals surface area contributed by atoms with Crippen molar-refractivity contribution < 1.29 is 43.0 Å². The van der Waals surface area contributed by atoms with Crippen LogP contribution in [0.1, 0.15) is 53.5 Å². The number of benzene rings is 1. The molecule has 1 aliphatic heterocycles. The summed E-state index contributed by atoms with van der Waals surface area (Å²) >= 11 is 0. The molecule has 1 aromatic carbocycles.